The molecule has 0 saturated heterocycles. The van der Waals surface area contributed by atoms with Crippen LogP contribution in [0.3, 0.4) is 0 Å². The Morgan fingerprint density at radius 2 is 2.08 bits per heavy atom. The number of carbonyl (C=O) groups is 1. The van der Waals surface area contributed by atoms with Crippen molar-refractivity contribution in [1.82, 2.24) is 9.97 Å². The number of rotatable bonds is 5. The standard InChI is InChI=1S/C17H16N2O3S2/c1-3-22-12(20)9-23-17-18-15(21)14-13(10(2)24-16(14)19-17)11-7-5-4-6-8-11/h4-8H,3,9H2,1-2H3,(H,18,19,21). The number of benzene rings is 1. The lowest BCUT2D eigenvalue weighted by molar-refractivity contribution is -0.139. The van der Waals surface area contributed by atoms with E-state index in [0.717, 1.165) is 16.0 Å². The molecule has 0 aliphatic rings. The number of carbonyl (C=O) groups excluding carboxylic acids is 1. The molecule has 0 aliphatic carbocycles. The van der Waals surface area contributed by atoms with Crippen molar-refractivity contribution in [3.05, 3.63) is 45.6 Å². The average molecular weight is 360 g/mol. The lowest BCUT2D eigenvalue weighted by atomic mass is 10.0. The lowest BCUT2D eigenvalue weighted by Crippen LogP contribution is -2.11. The molecule has 0 radical (unpaired) electrons. The molecular weight excluding hydrogens is 344 g/mol. The third-order valence-corrected chi connectivity index (χ3v) is 5.26. The van der Waals surface area contributed by atoms with Gasteiger partial charge in [0.05, 0.1) is 17.7 Å². The van der Waals surface area contributed by atoms with E-state index in [1.54, 1.807) is 6.92 Å². The molecule has 0 atom stereocenters. The fraction of sp³-hybridized carbons (Fsp3) is 0.235. The van der Waals surface area contributed by atoms with Gasteiger partial charge in [-0.15, -0.1) is 11.3 Å². The van der Waals surface area contributed by atoms with Gasteiger partial charge < -0.3 is 9.72 Å². The van der Waals surface area contributed by atoms with Crippen molar-refractivity contribution in [2.24, 2.45) is 0 Å². The molecule has 0 amide bonds. The highest BCUT2D eigenvalue weighted by Crippen LogP contribution is 2.35. The molecule has 0 aliphatic heterocycles. The molecule has 0 saturated carbocycles. The summed E-state index contributed by atoms with van der Waals surface area (Å²) in [5, 5.41) is 1.03. The fourth-order valence-electron chi connectivity index (χ4n) is 2.45. The average Bonchev–Trinajstić information content (AvgIpc) is 2.90. The van der Waals surface area contributed by atoms with Gasteiger partial charge in [-0.05, 0) is 19.4 Å². The maximum atomic E-state index is 12.6. The van der Waals surface area contributed by atoms with E-state index in [1.165, 1.54) is 23.1 Å². The Labute approximate surface area is 147 Å². The van der Waals surface area contributed by atoms with Crippen molar-refractivity contribution in [1.29, 1.82) is 0 Å². The highest BCUT2D eigenvalue weighted by atomic mass is 32.2. The second-order valence-corrected chi connectivity index (χ2v) is 7.21. The van der Waals surface area contributed by atoms with E-state index >= 15 is 0 Å². The number of aromatic nitrogens is 2. The SMILES string of the molecule is CCOC(=O)CSc1nc2sc(C)c(-c3ccccc3)c2c(=O)[nH]1. The molecule has 1 N–H and O–H groups in total. The van der Waals surface area contributed by atoms with E-state index in [1.807, 2.05) is 37.3 Å². The number of hydrogen-bond donors (Lipinski definition) is 1. The van der Waals surface area contributed by atoms with Gasteiger partial charge in [-0.25, -0.2) is 4.98 Å². The van der Waals surface area contributed by atoms with Crippen LogP contribution in [0, 0.1) is 6.92 Å². The number of H-pyrrole nitrogens is 1. The molecular formula is C17H16N2O3S2. The summed E-state index contributed by atoms with van der Waals surface area (Å²) in [4.78, 5) is 33.0. The lowest BCUT2D eigenvalue weighted by Gasteiger charge is -2.03. The minimum atomic E-state index is -0.322. The molecule has 3 aromatic rings. The predicted molar refractivity (Wildman–Crippen MR) is 97.8 cm³/mol. The van der Waals surface area contributed by atoms with Gasteiger partial charge in [-0.3, -0.25) is 9.59 Å². The highest BCUT2D eigenvalue weighted by molar-refractivity contribution is 7.99. The van der Waals surface area contributed by atoms with Crippen molar-refractivity contribution >= 4 is 39.3 Å². The molecule has 2 aromatic heterocycles. The number of fused-ring (bicyclic) bond motifs is 1. The van der Waals surface area contributed by atoms with Gasteiger partial charge in [-0.1, -0.05) is 42.1 Å². The summed E-state index contributed by atoms with van der Waals surface area (Å²) in [6.45, 7) is 4.08. The Kier molecular flexibility index (Phi) is 5.01. The van der Waals surface area contributed by atoms with Gasteiger partial charge in [0.25, 0.3) is 5.56 Å². The van der Waals surface area contributed by atoms with Crippen molar-refractivity contribution < 1.29 is 9.53 Å². The highest BCUT2D eigenvalue weighted by Gasteiger charge is 2.17. The molecule has 1 aromatic carbocycles. The van der Waals surface area contributed by atoms with Crippen LogP contribution >= 0.6 is 23.1 Å². The zero-order valence-electron chi connectivity index (χ0n) is 13.3. The first-order valence-electron chi connectivity index (χ1n) is 7.47. The smallest absolute Gasteiger partial charge is 0.316 e. The number of nitrogens with zero attached hydrogens (tertiary/aromatic N) is 1. The van der Waals surface area contributed by atoms with Gasteiger partial charge in [0, 0.05) is 10.4 Å². The summed E-state index contributed by atoms with van der Waals surface area (Å²) in [5.74, 6) is -0.198. The number of esters is 1. The molecule has 24 heavy (non-hydrogen) atoms. The van der Waals surface area contributed by atoms with Crippen LogP contribution in [0.2, 0.25) is 0 Å². The summed E-state index contributed by atoms with van der Waals surface area (Å²) >= 11 is 2.66. The third-order valence-electron chi connectivity index (χ3n) is 3.41. The van der Waals surface area contributed by atoms with Crippen molar-refractivity contribution in [2.75, 3.05) is 12.4 Å². The van der Waals surface area contributed by atoms with Crippen LogP contribution in [-0.4, -0.2) is 28.3 Å². The van der Waals surface area contributed by atoms with Crippen LogP contribution in [0.4, 0.5) is 0 Å². The quantitative estimate of drug-likeness (QED) is 0.427. The van der Waals surface area contributed by atoms with Crippen LogP contribution in [0.25, 0.3) is 21.3 Å². The maximum Gasteiger partial charge on any atom is 0.316 e. The van der Waals surface area contributed by atoms with Gasteiger partial charge in [0.2, 0.25) is 0 Å². The zero-order valence-corrected chi connectivity index (χ0v) is 14.9. The van der Waals surface area contributed by atoms with Crippen LogP contribution in [0.1, 0.15) is 11.8 Å². The van der Waals surface area contributed by atoms with E-state index in [9.17, 15) is 9.59 Å². The van der Waals surface area contributed by atoms with Crippen molar-refractivity contribution in [2.45, 2.75) is 19.0 Å². The van der Waals surface area contributed by atoms with Crippen LogP contribution in [-0.2, 0) is 9.53 Å². The number of aryl methyl sites for hydroxylation is 1. The van der Waals surface area contributed by atoms with Gasteiger partial charge in [-0.2, -0.15) is 0 Å². The van der Waals surface area contributed by atoms with E-state index in [0.29, 0.717) is 22.0 Å². The molecule has 3 rings (SSSR count). The number of thioether (sulfide) groups is 1. The monoisotopic (exact) mass is 360 g/mol. The Morgan fingerprint density at radius 3 is 2.79 bits per heavy atom. The second-order valence-electron chi connectivity index (χ2n) is 5.04. The minimum Gasteiger partial charge on any atom is -0.465 e. The molecule has 5 nitrogen and oxygen atoms in total. The predicted octanol–water partition coefficient (Wildman–Crippen LogP) is 3.62. The van der Waals surface area contributed by atoms with Crippen molar-refractivity contribution in [3.63, 3.8) is 0 Å². The first kappa shape index (κ1) is 16.7. The molecule has 124 valence electrons. The largest absolute Gasteiger partial charge is 0.465 e. The van der Waals surface area contributed by atoms with Gasteiger partial charge in [0.1, 0.15) is 4.83 Å². The molecule has 7 heteroatoms. The second kappa shape index (κ2) is 7.19. The number of thiophene rings is 1. The van der Waals surface area contributed by atoms with Crippen LogP contribution < -0.4 is 5.56 Å². The summed E-state index contributed by atoms with van der Waals surface area (Å²) in [5.41, 5.74) is 1.74. The van der Waals surface area contributed by atoms with E-state index in [2.05, 4.69) is 9.97 Å². The number of hydrogen-bond acceptors (Lipinski definition) is 6. The topological polar surface area (TPSA) is 72.0 Å². The summed E-state index contributed by atoms with van der Waals surface area (Å²) in [6, 6.07) is 9.81. The van der Waals surface area contributed by atoms with E-state index < -0.39 is 0 Å². The Balaban J connectivity index is 1.99. The molecule has 0 unspecified atom stereocenters. The van der Waals surface area contributed by atoms with Gasteiger partial charge >= 0.3 is 5.97 Å². The van der Waals surface area contributed by atoms with Crippen LogP contribution in [0.15, 0.2) is 40.3 Å². The number of aromatic amines is 1. The minimum absolute atomic E-state index is 0.123. The summed E-state index contributed by atoms with van der Waals surface area (Å²) < 4.78 is 4.89. The van der Waals surface area contributed by atoms with Gasteiger partial charge in [0.15, 0.2) is 5.16 Å². The Hall–Kier alpha value is -2.12. The van der Waals surface area contributed by atoms with Crippen LogP contribution in [0.5, 0.6) is 0 Å². The maximum absolute atomic E-state index is 12.6. The first-order chi connectivity index (χ1) is 11.6. The van der Waals surface area contributed by atoms with E-state index in [-0.39, 0.29) is 17.3 Å². The van der Waals surface area contributed by atoms with E-state index in [4.69, 9.17) is 4.74 Å². The summed E-state index contributed by atoms with van der Waals surface area (Å²) in [6.07, 6.45) is 0. The Bertz CT molecular complexity index is 932. The number of ether oxygens (including phenoxy) is 1. The third kappa shape index (κ3) is 3.37. The summed E-state index contributed by atoms with van der Waals surface area (Å²) in [7, 11) is 0. The zero-order chi connectivity index (χ0) is 17.1. The number of nitrogens with one attached hydrogen (secondary N) is 1. The molecule has 0 fully saturated rings. The normalized spacial score (nSPS) is 10.9. The Morgan fingerprint density at radius 1 is 1.33 bits per heavy atom. The molecule has 0 spiro atoms. The molecule has 2 heterocycles. The fourth-order valence-corrected chi connectivity index (χ4v) is 4.21. The van der Waals surface area contributed by atoms with Crippen molar-refractivity contribution in [3.8, 4) is 11.1 Å². The molecule has 0 bridgehead atoms. The first-order valence-corrected chi connectivity index (χ1v) is 9.27.